The van der Waals surface area contributed by atoms with Crippen LogP contribution in [0.25, 0.3) is 0 Å². The van der Waals surface area contributed by atoms with Crippen LogP contribution in [0.4, 0.5) is 0 Å². The lowest BCUT2D eigenvalue weighted by Gasteiger charge is -2.20. The Morgan fingerprint density at radius 1 is 0.889 bits per heavy atom. The van der Waals surface area contributed by atoms with E-state index in [2.05, 4.69) is 9.97 Å². The molecule has 3 rings (SSSR count). The molecule has 2 heterocycles. The zero-order valence-corrected chi connectivity index (χ0v) is 10.4. The number of aromatic nitrogens is 4. The van der Waals surface area contributed by atoms with Crippen LogP contribution < -0.4 is 5.30 Å². The summed E-state index contributed by atoms with van der Waals surface area (Å²) >= 11 is 0. The van der Waals surface area contributed by atoms with E-state index in [1.165, 1.54) is 0 Å². The summed E-state index contributed by atoms with van der Waals surface area (Å²) in [5, 5.41) is 0.737. The second kappa shape index (κ2) is 4.27. The molecule has 0 fully saturated rings. The molecule has 0 saturated carbocycles. The molecule has 90 valence electrons. The zero-order valence-electron chi connectivity index (χ0n) is 9.50. The third-order valence-corrected chi connectivity index (χ3v) is 5.40. The lowest BCUT2D eigenvalue weighted by atomic mass is 10.4. The van der Waals surface area contributed by atoms with Crippen molar-refractivity contribution in [1.29, 1.82) is 0 Å². The topological polar surface area (TPSA) is 52.7 Å². The maximum Gasteiger partial charge on any atom is 0.302 e. The van der Waals surface area contributed by atoms with Gasteiger partial charge in [-0.05, 0) is 12.1 Å². The summed E-state index contributed by atoms with van der Waals surface area (Å²) in [6.45, 7) is 0. The minimum atomic E-state index is -2.97. The van der Waals surface area contributed by atoms with Crippen molar-refractivity contribution in [3.05, 3.63) is 67.8 Å². The van der Waals surface area contributed by atoms with Crippen molar-refractivity contribution in [3.8, 4) is 0 Å². The SMILES string of the molecule is O=P(c1ccccc1)(n1ccnc1)n1ccnc1. The number of imidazole rings is 2. The number of hydrogen-bond acceptors (Lipinski definition) is 3. The van der Waals surface area contributed by atoms with Crippen LogP contribution in [0.5, 0.6) is 0 Å². The van der Waals surface area contributed by atoms with E-state index in [0.29, 0.717) is 0 Å². The average molecular weight is 258 g/mol. The fraction of sp³-hybridized carbons (Fsp3) is 0. The Kier molecular flexibility index (Phi) is 2.61. The van der Waals surface area contributed by atoms with Crippen molar-refractivity contribution >= 4 is 12.7 Å². The fourth-order valence-electron chi connectivity index (χ4n) is 1.83. The van der Waals surface area contributed by atoms with Gasteiger partial charge in [-0.2, -0.15) is 0 Å². The summed E-state index contributed by atoms with van der Waals surface area (Å²) in [7, 11) is -2.97. The van der Waals surface area contributed by atoms with E-state index in [-0.39, 0.29) is 0 Å². The van der Waals surface area contributed by atoms with E-state index in [1.807, 2.05) is 30.3 Å². The van der Waals surface area contributed by atoms with Gasteiger partial charge in [0, 0.05) is 24.8 Å². The lowest BCUT2D eigenvalue weighted by molar-refractivity contribution is 0.568. The van der Waals surface area contributed by atoms with Crippen LogP contribution in [-0.4, -0.2) is 18.6 Å². The van der Waals surface area contributed by atoms with E-state index in [4.69, 9.17) is 0 Å². The number of rotatable bonds is 3. The van der Waals surface area contributed by atoms with Crippen molar-refractivity contribution in [2.24, 2.45) is 0 Å². The molecule has 0 radical (unpaired) electrons. The average Bonchev–Trinajstić information content (AvgIpc) is 3.12. The van der Waals surface area contributed by atoms with Gasteiger partial charge in [0.2, 0.25) is 0 Å². The first-order valence-electron chi connectivity index (χ1n) is 5.45. The molecule has 3 aromatic rings. The molecule has 0 aliphatic heterocycles. The van der Waals surface area contributed by atoms with Crippen molar-refractivity contribution in [2.75, 3.05) is 0 Å². The fourth-order valence-corrected chi connectivity index (χ4v) is 4.05. The van der Waals surface area contributed by atoms with Crippen molar-refractivity contribution in [1.82, 2.24) is 18.6 Å². The van der Waals surface area contributed by atoms with Gasteiger partial charge >= 0.3 is 7.44 Å². The number of nitrogens with zero attached hydrogens (tertiary/aromatic N) is 4. The maximum absolute atomic E-state index is 13.4. The van der Waals surface area contributed by atoms with E-state index >= 15 is 0 Å². The molecular weight excluding hydrogens is 247 g/mol. The van der Waals surface area contributed by atoms with Gasteiger partial charge in [0.1, 0.15) is 12.7 Å². The highest BCUT2D eigenvalue weighted by Gasteiger charge is 2.28. The molecule has 18 heavy (non-hydrogen) atoms. The first-order chi connectivity index (χ1) is 8.82. The van der Waals surface area contributed by atoms with Crippen LogP contribution >= 0.6 is 7.44 Å². The maximum atomic E-state index is 13.4. The predicted octanol–water partition coefficient (Wildman–Crippen LogP) is 1.99. The molecule has 2 aromatic heterocycles. The Labute approximate surface area is 104 Å². The van der Waals surface area contributed by atoms with Crippen LogP contribution in [-0.2, 0) is 4.57 Å². The standard InChI is InChI=1S/C12H11N4OP/c17-18(15-8-6-13-10-15,16-9-7-14-11-16)12-4-2-1-3-5-12/h1-11H. The van der Waals surface area contributed by atoms with Crippen LogP contribution in [0.3, 0.4) is 0 Å². The summed E-state index contributed by atoms with van der Waals surface area (Å²) in [5.41, 5.74) is 0. The summed E-state index contributed by atoms with van der Waals surface area (Å²) in [4.78, 5) is 7.96. The monoisotopic (exact) mass is 258 g/mol. The zero-order chi connectivity index (χ0) is 12.4. The first-order valence-corrected chi connectivity index (χ1v) is 7.06. The Balaban J connectivity index is 2.26. The van der Waals surface area contributed by atoms with Gasteiger partial charge in [0.05, 0.1) is 5.30 Å². The van der Waals surface area contributed by atoms with Crippen LogP contribution in [0.2, 0.25) is 0 Å². The third kappa shape index (κ3) is 1.60. The summed E-state index contributed by atoms with van der Waals surface area (Å²) in [6, 6.07) is 9.34. The summed E-state index contributed by atoms with van der Waals surface area (Å²) in [5.74, 6) is 0. The smallest absolute Gasteiger partial charge is 0.269 e. The molecule has 1 aromatic carbocycles. The van der Waals surface area contributed by atoms with Crippen LogP contribution in [0, 0.1) is 0 Å². The molecule has 0 saturated heterocycles. The Hall–Kier alpha value is -2.13. The van der Waals surface area contributed by atoms with Crippen LogP contribution in [0.15, 0.2) is 67.8 Å². The highest BCUT2D eigenvalue weighted by Crippen LogP contribution is 2.46. The molecule has 5 nitrogen and oxygen atoms in total. The predicted molar refractivity (Wildman–Crippen MR) is 68.9 cm³/mol. The minimum Gasteiger partial charge on any atom is -0.269 e. The van der Waals surface area contributed by atoms with Gasteiger partial charge < -0.3 is 0 Å². The van der Waals surface area contributed by atoms with Gasteiger partial charge in [-0.25, -0.2) is 9.97 Å². The third-order valence-electron chi connectivity index (χ3n) is 2.70. The van der Waals surface area contributed by atoms with Crippen LogP contribution in [0.1, 0.15) is 0 Å². The summed E-state index contributed by atoms with van der Waals surface area (Å²) in [6.07, 6.45) is 9.77. The molecule has 6 heteroatoms. The largest absolute Gasteiger partial charge is 0.302 e. The van der Waals surface area contributed by atoms with Gasteiger partial charge in [-0.3, -0.25) is 13.2 Å². The van der Waals surface area contributed by atoms with Gasteiger partial charge in [-0.15, -0.1) is 0 Å². The van der Waals surface area contributed by atoms with Crippen molar-refractivity contribution in [3.63, 3.8) is 0 Å². The Morgan fingerprint density at radius 2 is 1.44 bits per heavy atom. The van der Waals surface area contributed by atoms with Gasteiger partial charge in [0.15, 0.2) is 0 Å². The second-order valence-electron chi connectivity index (χ2n) is 3.76. The number of benzene rings is 1. The molecule has 0 amide bonds. The molecular formula is C12H11N4OP. The Morgan fingerprint density at radius 3 is 1.89 bits per heavy atom. The molecule has 0 bridgehead atoms. The molecule has 0 atom stereocenters. The minimum absolute atomic E-state index is 0.737. The quantitative estimate of drug-likeness (QED) is 0.675. The molecule has 0 spiro atoms. The molecule has 0 N–H and O–H groups in total. The highest BCUT2D eigenvalue weighted by molar-refractivity contribution is 7.68. The van der Waals surface area contributed by atoms with E-state index in [0.717, 1.165) is 5.30 Å². The molecule has 0 unspecified atom stereocenters. The van der Waals surface area contributed by atoms with E-state index in [9.17, 15) is 4.57 Å². The molecule has 0 aliphatic rings. The number of hydrogen-bond donors (Lipinski definition) is 0. The Bertz CT molecular complexity index is 623. The highest BCUT2D eigenvalue weighted by atomic mass is 31.2. The van der Waals surface area contributed by atoms with E-state index in [1.54, 1.807) is 46.1 Å². The van der Waals surface area contributed by atoms with Crippen molar-refractivity contribution in [2.45, 2.75) is 0 Å². The van der Waals surface area contributed by atoms with E-state index < -0.39 is 7.44 Å². The first kappa shape index (κ1) is 11.0. The summed E-state index contributed by atoms with van der Waals surface area (Å²) < 4.78 is 16.6. The van der Waals surface area contributed by atoms with Crippen molar-refractivity contribution < 1.29 is 4.57 Å². The lowest BCUT2D eigenvalue weighted by Crippen LogP contribution is -2.15. The molecule has 0 aliphatic carbocycles. The second-order valence-corrected chi connectivity index (χ2v) is 6.29. The van der Waals surface area contributed by atoms with Gasteiger partial charge in [0.25, 0.3) is 0 Å². The normalized spacial score (nSPS) is 11.6. The van der Waals surface area contributed by atoms with Gasteiger partial charge in [-0.1, -0.05) is 18.2 Å².